The van der Waals surface area contributed by atoms with E-state index in [0.717, 1.165) is 19.3 Å². The van der Waals surface area contributed by atoms with Crippen molar-refractivity contribution in [3.63, 3.8) is 0 Å². The van der Waals surface area contributed by atoms with Gasteiger partial charge in [-0.2, -0.15) is 0 Å². The van der Waals surface area contributed by atoms with Gasteiger partial charge in [-0.1, -0.05) is 0 Å². The minimum atomic E-state index is -0.611. The molecule has 1 aliphatic heterocycles. The number of likely N-dealkylation sites (N-methyl/N-ethyl adjacent to an activating group) is 1. The number of hydrogen-bond donors (Lipinski definition) is 2. The van der Waals surface area contributed by atoms with Gasteiger partial charge in [0.05, 0.1) is 5.54 Å². The zero-order chi connectivity index (χ0) is 11.1. The zero-order valence-corrected chi connectivity index (χ0v) is 8.95. The number of carbonyl (C=O) groups excluding carboxylic acids is 2. The van der Waals surface area contributed by atoms with Crippen molar-refractivity contribution in [1.29, 1.82) is 0 Å². The van der Waals surface area contributed by atoms with Crippen LogP contribution in [-0.4, -0.2) is 41.9 Å². The van der Waals surface area contributed by atoms with Crippen molar-refractivity contribution >= 4 is 11.8 Å². The highest BCUT2D eigenvalue weighted by molar-refractivity contribution is 5.89. The Labute approximate surface area is 89.0 Å². The molecule has 0 radical (unpaired) electrons. The maximum absolute atomic E-state index is 11.6. The fourth-order valence-electron chi connectivity index (χ4n) is 1.82. The molecule has 2 amide bonds. The normalized spacial score (nSPS) is 28.8. The third kappa shape index (κ3) is 2.12. The van der Waals surface area contributed by atoms with Crippen molar-refractivity contribution in [2.45, 2.75) is 37.3 Å². The largest absolute Gasteiger partial charge is 0.350 e. The molecule has 1 atom stereocenters. The summed E-state index contributed by atoms with van der Waals surface area (Å²) in [5, 5.41) is 2.91. The van der Waals surface area contributed by atoms with Crippen LogP contribution >= 0.6 is 0 Å². The average Bonchev–Trinajstić information content (AvgIpc) is 2.92. The van der Waals surface area contributed by atoms with Crippen LogP contribution in [0, 0.1) is 0 Å². The molecule has 1 heterocycles. The number of likely N-dealkylation sites (tertiary alicyclic amines) is 1. The number of nitrogens with two attached hydrogens (primary N) is 1. The van der Waals surface area contributed by atoms with Crippen LogP contribution in [0.4, 0.5) is 0 Å². The van der Waals surface area contributed by atoms with E-state index in [1.54, 1.807) is 11.9 Å². The Morgan fingerprint density at radius 3 is 2.80 bits per heavy atom. The second kappa shape index (κ2) is 3.48. The van der Waals surface area contributed by atoms with E-state index in [1.165, 1.54) is 0 Å². The molecule has 2 aliphatic rings. The molecule has 3 N–H and O–H groups in total. The fourth-order valence-corrected chi connectivity index (χ4v) is 1.82. The van der Waals surface area contributed by atoms with Crippen LogP contribution in [0.5, 0.6) is 0 Å². The van der Waals surface area contributed by atoms with Crippen molar-refractivity contribution < 1.29 is 9.59 Å². The number of amides is 2. The summed E-state index contributed by atoms with van der Waals surface area (Å²) in [6.45, 7) is 0.598. The van der Waals surface area contributed by atoms with Gasteiger partial charge in [-0.25, -0.2) is 0 Å². The minimum Gasteiger partial charge on any atom is -0.350 e. The number of nitrogens with zero attached hydrogens (tertiary/aromatic N) is 1. The van der Waals surface area contributed by atoms with Crippen LogP contribution in [0.2, 0.25) is 0 Å². The van der Waals surface area contributed by atoms with E-state index in [2.05, 4.69) is 5.32 Å². The Balaban J connectivity index is 1.85. The first-order chi connectivity index (χ1) is 7.01. The first-order valence-electron chi connectivity index (χ1n) is 5.35. The van der Waals surface area contributed by atoms with E-state index in [1.807, 2.05) is 0 Å². The molecule has 0 aromatic heterocycles. The molecule has 1 saturated heterocycles. The quantitative estimate of drug-likeness (QED) is 0.629. The van der Waals surface area contributed by atoms with E-state index in [0.29, 0.717) is 13.0 Å². The number of piperidine rings is 1. The van der Waals surface area contributed by atoms with Crippen LogP contribution in [0.15, 0.2) is 0 Å². The molecular formula is C10H17N3O2. The topological polar surface area (TPSA) is 75.4 Å². The molecule has 0 aromatic rings. The summed E-state index contributed by atoms with van der Waals surface area (Å²) in [5.74, 6) is 0.0876. The molecule has 0 aromatic carbocycles. The second-order valence-electron chi connectivity index (χ2n) is 4.64. The number of nitrogens with one attached hydrogen (secondary N) is 1. The molecule has 1 saturated carbocycles. The predicted molar refractivity (Wildman–Crippen MR) is 55.0 cm³/mol. The molecule has 84 valence electrons. The second-order valence-corrected chi connectivity index (χ2v) is 4.64. The van der Waals surface area contributed by atoms with Crippen molar-refractivity contribution in [3.8, 4) is 0 Å². The van der Waals surface area contributed by atoms with Crippen LogP contribution < -0.4 is 11.1 Å². The summed E-state index contributed by atoms with van der Waals surface area (Å²) in [5.41, 5.74) is 5.17. The molecule has 0 bridgehead atoms. The fraction of sp³-hybridized carbons (Fsp3) is 0.800. The standard InChI is InChI=1S/C10H17N3O2/c1-13-6-7(2-3-8(13)14)12-9(15)10(11)4-5-10/h7H,2-6,11H2,1H3,(H,12,15). The third-order valence-electron chi connectivity index (χ3n) is 3.20. The lowest BCUT2D eigenvalue weighted by atomic mass is 10.1. The summed E-state index contributed by atoms with van der Waals surface area (Å²) >= 11 is 0. The molecule has 5 heteroatoms. The Morgan fingerprint density at radius 1 is 1.60 bits per heavy atom. The van der Waals surface area contributed by atoms with Gasteiger partial charge < -0.3 is 16.0 Å². The van der Waals surface area contributed by atoms with Gasteiger partial charge in [0.25, 0.3) is 0 Å². The lowest BCUT2D eigenvalue weighted by Crippen LogP contribution is -2.53. The molecule has 0 spiro atoms. The van der Waals surface area contributed by atoms with E-state index >= 15 is 0 Å². The van der Waals surface area contributed by atoms with E-state index in [-0.39, 0.29) is 17.9 Å². The van der Waals surface area contributed by atoms with Gasteiger partial charge in [-0.3, -0.25) is 9.59 Å². The van der Waals surface area contributed by atoms with Crippen molar-refractivity contribution in [3.05, 3.63) is 0 Å². The highest BCUT2D eigenvalue weighted by Gasteiger charge is 2.46. The highest BCUT2D eigenvalue weighted by atomic mass is 16.2. The molecule has 1 aliphatic carbocycles. The van der Waals surface area contributed by atoms with E-state index in [4.69, 9.17) is 5.73 Å². The monoisotopic (exact) mass is 211 g/mol. The third-order valence-corrected chi connectivity index (χ3v) is 3.20. The van der Waals surface area contributed by atoms with Crippen molar-refractivity contribution in [2.24, 2.45) is 5.73 Å². The van der Waals surface area contributed by atoms with Gasteiger partial charge in [0.1, 0.15) is 0 Å². The summed E-state index contributed by atoms with van der Waals surface area (Å²) < 4.78 is 0. The van der Waals surface area contributed by atoms with Crippen LogP contribution in [-0.2, 0) is 9.59 Å². The Hall–Kier alpha value is -1.10. The maximum atomic E-state index is 11.6. The van der Waals surface area contributed by atoms with Crippen LogP contribution in [0.3, 0.4) is 0 Å². The number of carbonyl (C=O) groups is 2. The van der Waals surface area contributed by atoms with Gasteiger partial charge in [0.15, 0.2) is 0 Å². The van der Waals surface area contributed by atoms with Gasteiger partial charge in [0.2, 0.25) is 11.8 Å². The lowest BCUT2D eigenvalue weighted by molar-refractivity contribution is -0.134. The first-order valence-corrected chi connectivity index (χ1v) is 5.35. The smallest absolute Gasteiger partial charge is 0.240 e. The van der Waals surface area contributed by atoms with Gasteiger partial charge in [-0.05, 0) is 19.3 Å². The summed E-state index contributed by atoms with van der Waals surface area (Å²) in [6, 6.07) is 0.0706. The SMILES string of the molecule is CN1CC(NC(=O)C2(N)CC2)CCC1=O. The van der Waals surface area contributed by atoms with Gasteiger partial charge in [0, 0.05) is 26.1 Å². The molecular weight excluding hydrogens is 194 g/mol. The Kier molecular flexibility index (Phi) is 2.42. The molecule has 2 rings (SSSR count). The summed E-state index contributed by atoms with van der Waals surface area (Å²) in [7, 11) is 1.76. The van der Waals surface area contributed by atoms with Crippen molar-refractivity contribution in [1.82, 2.24) is 10.2 Å². The van der Waals surface area contributed by atoms with Crippen LogP contribution in [0.1, 0.15) is 25.7 Å². The lowest BCUT2D eigenvalue weighted by Gasteiger charge is -2.30. The van der Waals surface area contributed by atoms with Gasteiger partial charge in [-0.15, -0.1) is 0 Å². The Bertz CT molecular complexity index is 299. The molecule has 1 unspecified atom stereocenters. The van der Waals surface area contributed by atoms with E-state index in [9.17, 15) is 9.59 Å². The Morgan fingerprint density at radius 2 is 2.27 bits per heavy atom. The van der Waals surface area contributed by atoms with Gasteiger partial charge >= 0.3 is 0 Å². The number of hydrogen-bond acceptors (Lipinski definition) is 3. The predicted octanol–water partition coefficient (Wildman–Crippen LogP) is -0.785. The first kappa shape index (κ1) is 10.4. The zero-order valence-electron chi connectivity index (χ0n) is 8.95. The summed E-state index contributed by atoms with van der Waals surface area (Å²) in [4.78, 5) is 24.5. The summed E-state index contributed by atoms with van der Waals surface area (Å²) in [6.07, 6.45) is 2.80. The van der Waals surface area contributed by atoms with Crippen molar-refractivity contribution in [2.75, 3.05) is 13.6 Å². The molecule has 2 fully saturated rings. The average molecular weight is 211 g/mol. The maximum Gasteiger partial charge on any atom is 0.240 e. The minimum absolute atomic E-state index is 0.0600. The molecule has 15 heavy (non-hydrogen) atoms. The number of rotatable bonds is 2. The van der Waals surface area contributed by atoms with E-state index < -0.39 is 5.54 Å². The highest BCUT2D eigenvalue weighted by Crippen LogP contribution is 2.32. The molecule has 5 nitrogen and oxygen atoms in total. The van der Waals surface area contributed by atoms with Crippen LogP contribution in [0.25, 0.3) is 0 Å².